The first-order chi connectivity index (χ1) is 9.97. The van der Waals surface area contributed by atoms with Crippen molar-refractivity contribution in [1.29, 1.82) is 0 Å². The molecule has 116 valence electrons. The zero-order chi connectivity index (χ0) is 15.6. The first-order valence-electron chi connectivity index (χ1n) is 7.82. The Balaban J connectivity index is 2.20. The Labute approximate surface area is 126 Å². The summed E-state index contributed by atoms with van der Waals surface area (Å²) in [4.78, 5) is 24.7. The lowest BCUT2D eigenvalue weighted by Crippen LogP contribution is -2.24. The largest absolute Gasteiger partial charge is 0.459 e. The number of carbonyl (C=O) groups excluding carboxylic acids is 2. The van der Waals surface area contributed by atoms with E-state index >= 15 is 0 Å². The predicted molar refractivity (Wildman–Crippen MR) is 79.5 cm³/mol. The maximum absolute atomic E-state index is 12.4. The van der Waals surface area contributed by atoms with Crippen molar-refractivity contribution in [3.63, 3.8) is 0 Å². The molecule has 4 atom stereocenters. The van der Waals surface area contributed by atoms with Crippen molar-refractivity contribution in [2.45, 2.75) is 59.2 Å². The molecule has 0 aliphatic heterocycles. The van der Waals surface area contributed by atoms with Crippen LogP contribution in [-0.4, -0.2) is 24.1 Å². The van der Waals surface area contributed by atoms with Gasteiger partial charge in [0.15, 0.2) is 0 Å². The molecule has 2 aliphatic rings. The first-order valence-corrected chi connectivity index (χ1v) is 7.82. The van der Waals surface area contributed by atoms with Crippen LogP contribution in [0.1, 0.15) is 47.0 Å². The second kappa shape index (κ2) is 6.46. The third kappa shape index (κ3) is 3.20. The molecule has 0 aromatic carbocycles. The molecule has 0 amide bonds. The van der Waals surface area contributed by atoms with Gasteiger partial charge in [0.1, 0.15) is 0 Å². The van der Waals surface area contributed by atoms with E-state index in [4.69, 9.17) is 9.47 Å². The maximum Gasteiger partial charge on any atom is 0.335 e. The van der Waals surface area contributed by atoms with Crippen molar-refractivity contribution in [3.05, 3.63) is 23.3 Å². The molecule has 4 heteroatoms. The Morgan fingerprint density at radius 2 is 1.38 bits per heavy atom. The van der Waals surface area contributed by atoms with E-state index < -0.39 is 0 Å². The van der Waals surface area contributed by atoms with Crippen molar-refractivity contribution < 1.29 is 19.1 Å². The highest BCUT2D eigenvalue weighted by atomic mass is 16.5. The third-order valence-electron chi connectivity index (χ3n) is 4.32. The third-order valence-corrected chi connectivity index (χ3v) is 4.32. The van der Waals surface area contributed by atoms with Gasteiger partial charge in [-0.2, -0.15) is 0 Å². The Hall–Kier alpha value is -1.58. The van der Waals surface area contributed by atoms with Gasteiger partial charge in [-0.3, -0.25) is 0 Å². The molecule has 0 aromatic rings. The minimum Gasteiger partial charge on any atom is -0.459 e. The van der Waals surface area contributed by atoms with Gasteiger partial charge in [0.2, 0.25) is 0 Å². The van der Waals surface area contributed by atoms with E-state index in [0.717, 1.165) is 19.3 Å². The zero-order valence-corrected chi connectivity index (χ0v) is 13.2. The highest BCUT2D eigenvalue weighted by molar-refractivity contribution is 6.03. The molecule has 0 spiro atoms. The molecule has 0 aromatic heterocycles. The second-order valence-corrected chi connectivity index (χ2v) is 5.91. The SMILES string of the molecule is CC[C@@H](C)OC(=O)C1=C(C(=O)O[C@H](C)CC)C2C=CC1C2. The van der Waals surface area contributed by atoms with Crippen LogP contribution in [0.5, 0.6) is 0 Å². The fourth-order valence-electron chi connectivity index (χ4n) is 2.71. The van der Waals surface area contributed by atoms with E-state index in [0.29, 0.717) is 11.1 Å². The number of rotatable bonds is 6. The molecule has 2 bridgehead atoms. The van der Waals surface area contributed by atoms with Gasteiger partial charge in [-0.1, -0.05) is 26.0 Å². The van der Waals surface area contributed by atoms with Gasteiger partial charge in [-0.25, -0.2) is 9.59 Å². The molecule has 0 fully saturated rings. The van der Waals surface area contributed by atoms with Crippen molar-refractivity contribution >= 4 is 11.9 Å². The Bertz CT molecular complexity index is 447. The summed E-state index contributed by atoms with van der Waals surface area (Å²) in [6, 6.07) is 0. The van der Waals surface area contributed by atoms with E-state index in [-0.39, 0.29) is 36.0 Å². The lowest BCUT2D eigenvalue weighted by molar-refractivity contribution is -0.147. The number of hydrogen-bond donors (Lipinski definition) is 0. The molecule has 21 heavy (non-hydrogen) atoms. The molecule has 0 N–H and O–H groups in total. The van der Waals surface area contributed by atoms with Crippen LogP contribution < -0.4 is 0 Å². The number of allylic oxidation sites excluding steroid dienone is 2. The van der Waals surface area contributed by atoms with Crippen LogP contribution in [0.25, 0.3) is 0 Å². The van der Waals surface area contributed by atoms with E-state index in [2.05, 4.69) is 0 Å². The molecular formula is C17H24O4. The number of hydrogen-bond acceptors (Lipinski definition) is 4. The summed E-state index contributed by atoms with van der Waals surface area (Å²) in [6.45, 7) is 7.65. The fraction of sp³-hybridized carbons (Fsp3) is 0.647. The molecule has 2 aliphatic carbocycles. The van der Waals surface area contributed by atoms with Gasteiger partial charge >= 0.3 is 11.9 Å². The zero-order valence-electron chi connectivity index (χ0n) is 13.2. The fourth-order valence-corrected chi connectivity index (χ4v) is 2.71. The van der Waals surface area contributed by atoms with E-state index in [1.165, 1.54) is 0 Å². The van der Waals surface area contributed by atoms with E-state index in [9.17, 15) is 9.59 Å². The average Bonchev–Trinajstić information content (AvgIpc) is 3.07. The van der Waals surface area contributed by atoms with Crippen LogP contribution in [0.3, 0.4) is 0 Å². The van der Waals surface area contributed by atoms with Crippen LogP contribution in [0.4, 0.5) is 0 Å². The lowest BCUT2D eigenvalue weighted by Gasteiger charge is -2.18. The van der Waals surface area contributed by atoms with Crippen LogP contribution in [0.2, 0.25) is 0 Å². The molecule has 2 unspecified atom stereocenters. The summed E-state index contributed by atoms with van der Waals surface area (Å²) in [5.74, 6) is -0.716. The molecule has 0 saturated carbocycles. The number of esters is 2. The van der Waals surface area contributed by atoms with Gasteiger partial charge in [0.05, 0.1) is 23.4 Å². The maximum atomic E-state index is 12.4. The quantitative estimate of drug-likeness (QED) is 0.557. The monoisotopic (exact) mass is 292 g/mol. The summed E-state index contributed by atoms with van der Waals surface area (Å²) in [5.41, 5.74) is 1.02. The summed E-state index contributed by atoms with van der Waals surface area (Å²) < 4.78 is 10.8. The second-order valence-electron chi connectivity index (χ2n) is 5.91. The van der Waals surface area contributed by atoms with Crippen LogP contribution >= 0.6 is 0 Å². The van der Waals surface area contributed by atoms with Crippen LogP contribution in [0.15, 0.2) is 23.3 Å². The molecule has 0 radical (unpaired) electrons. The summed E-state index contributed by atoms with van der Waals surface area (Å²) in [6.07, 6.45) is 6.02. The highest BCUT2D eigenvalue weighted by Gasteiger charge is 2.43. The molecular weight excluding hydrogens is 268 g/mol. The molecule has 4 nitrogen and oxygen atoms in total. The number of carbonyl (C=O) groups is 2. The van der Waals surface area contributed by atoms with Gasteiger partial charge in [0.25, 0.3) is 0 Å². The van der Waals surface area contributed by atoms with Crippen LogP contribution in [-0.2, 0) is 19.1 Å². The van der Waals surface area contributed by atoms with Crippen molar-refractivity contribution in [3.8, 4) is 0 Å². The highest BCUT2D eigenvalue weighted by Crippen LogP contribution is 2.45. The van der Waals surface area contributed by atoms with Crippen molar-refractivity contribution in [1.82, 2.24) is 0 Å². The smallest absolute Gasteiger partial charge is 0.335 e. The molecule has 2 rings (SSSR count). The van der Waals surface area contributed by atoms with Gasteiger partial charge < -0.3 is 9.47 Å². The Morgan fingerprint density at radius 3 is 1.71 bits per heavy atom. The average molecular weight is 292 g/mol. The minimum absolute atomic E-state index is 0.00559. The Kier molecular flexibility index (Phi) is 4.86. The van der Waals surface area contributed by atoms with Gasteiger partial charge in [-0.15, -0.1) is 0 Å². The van der Waals surface area contributed by atoms with Crippen molar-refractivity contribution in [2.75, 3.05) is 0 Å². The number of ether oxygens (including phenoxy) is 2. The normalized spacial score (nSPS) is 25.9. The minimum atomic E-state index is -0.364. The molecule has 0 heterocycles. The summed E-state index contributed by atoms with van der Waals surface area (Å²) in [7, 11) is 0. The lowest BCUT2D eigenvalue weighted by atomic mass is 9.97. The summed E-state index contributed by atoms with van der Waals surface area (Å²) >= 11 is 0. The van der Waals surface area contributed by atoms with Gasteiger partial charge in [0, 0.05) is 11.8 Å². The van der Waals surface area contributed by atoms with Crippen molar-refractivity contribution in [2.24, 2.45) is 11.8 Å². The standard InChI is InChI=1S/C17H24O4/c1-5-10(3)20-16(18)14-12-7-8-13(9-12)15(14)17(19)21-11(4)6-2/h7-8,10-13H,5-6,9H2,1-4H3/t10-,11-,12?,13?/m1/s1. The van der Waals surface area contributed by atoms with E-state index in [1.807, 2.05) is 39.8 Å². The Morgan fingerprint density at radius 1 is 1.00 bits per heavy atom. The summed E-state index contributed by atoms with van der Waals surface area (Å²) in [5, 5.41) is 0. The van der Waals surface area contributed by atoms with E-state index in [1.54, 1.807) is 0 Å². The number of fused-ring (bicyclic) bond motifs is 2. The topological polar surface area (TPSA) is 52.6 Å². The molecule has 0 saturated heterocycles. The first kappa shape index (κ1) is 15.8. The van der Waals surface area contributed by atoms with Gasteiger partial charge in [-0.05, 0) is 33.1 Å². The predicted octanol–water partition coefficient (Wildman–Crippen LogP) is 3.17. The van der Waals surface area contributed by atoms with Crippen LogP contribution in [0, 0.1) is 11.8 Å².